The molecule has 0 aliphatic rings. The minimum Gasteiger partial charge on any atom is -0.384 e. The van der Waals surface area contributed by atoms with Gasteiger partial charge in [0.1, 0.15) is 0 Å². The van der Waals surface area contributed by atoms with Gasteiger partial charge in [-0.05, 0) is 18.2 Å². The highest BCUT2D eigenvalue weighted by molar-refractivity contribution is 5.91. The number of halogens is 6. The Morgan fingerprint density at radius 2 is 1.52 bits per heavy atom. The van der Waals surface area contributed by atoms with Crippen molar-refractivity contribution in [2.75, 3.05) is 19.0 Å². The summed E-state index contributed by atoms with van der Waals surface area (Å²) in [5, 5.41) is 1.98. The number of benzene rings is 1. The van der Waals surface area contributed by atoms with Crippen molar-refractivity contribution >= 4 is 11.6 Å². The lowest BCUT2D eigenvalue weighted by Crippen LogP contribution is -2.16. The summed E-state index contributed by atoms with van der Waals surface area (Å²) < 4.78 is 80.0. The molecule has 0 fully saturated rings. The van der Waals surface area contributed by atoms with Crippen molar-refractivity contribution in [1.82, 2.24) is 0 Å². The van der Waals surface area contributed by atoms with Crippen LogP contribution in [-0.4, -0.2) is 19.6 Å². The largest absolute Gasteiger partial charge is 0.416 e. The highest BCUT2D eigenvalue weighted by atomic mass is 19.4. The zero-order valence-electron chi connectivity index (χ0n) is 10.7. The number of alkyl halides is 6. The molecule has 0 atom stereocenters. The number of ether oxygens (including phenoxy) is 1. The molecule has 0 aliphatic heterocycles. The fourth-order valence-corrected chi connectivity index (χ4v) is 1.45. The topological polar surface area (TPSA) is 38.3 Å². The van der Waals surface area contributed by atoms with Crippen LogP contribution in [0.1, 0.15) is 17.5 Å². The molecule has 1 amide bonds. The number of carbonyl (C=O) groups excluding carboxylic acids is 1. The maximum Gasteiger partial charge on any atom is 0.416 e. The molecule has 1 N–H and O–H groups in total. The van der Waals surface area contributed by atoms with Crippen LogP contribution in [0.3, 0.4) is 0 Å². The summed E-state index contributed by atoms with van der Waals surface area (Å²) in [6.45, 7) is -0.00305. The molecule has 0 heterocycles. The van der Waals surface area contributed by atoms with Gasteiger partial charge in [-0.3, -0.25) is 4.79 Å². The Labute approximate surface area is 115 Å². The van der Waals surface area contributed by atoms with E-state index in [2.05, 4.69) is 4.74 Å². The molecule has 1 rings (SSSR count). The van der Waals surface area contributed by atoms with Gasteiger partial charge in [-0.25, -0.2) is 0 Å². The Bertz CT molecular complexity index is 477. The zero-order valence-corrected chi connectivity index (χ0v) is 10.7. The van der Waals surface area contributed by atoms with E-state index in [-0.39, 0.29) is 19.1 Å². The van der Waals surface area contributed by atoms with Gasteiger partial charge >= 0.3 is 12.4 Å². The van der Waals surface area contributed by atoms with Crippen LogP contribution in [0.15, 0.2) is 18.2 Å². The Morgan fingerprint density at radius 3 is 1.90 bits per heavy atom. The third-order valence-electron chi connectivity index (χ3n) is 2.40. The van der Waals surface area contributed by atoms with Gasteiger partial charge in [-0.15, -0.1) is 0 Å². The predicted molar refractivity (Wildman–Crippen MR) is 61.6 cm³/mol. The molecule has 0 aliphatic carbocycles. The van der Waals surface area contributed by atoms with Gasteiger partial charge in [-0.1, -0.05) is 0 Å². The fourth-order valence-electron chi connectivity index (χ4n) is 1.45. The summed E-state index contributed by atoms with van der Waals surface area (Å²) >= 11 is 0. The Balaban J connectivity index is 3.11. The number of anilines is 1. The van der Waals surface area contributed by atoms with E-state index in [4.69, 9.17) is 0 Å². The number of carbonyl (C=O) groups is 1. The van der Waals surface area contributed by atoms with Crippen molar-refractivity contribution in [1.29, 1.82) is 0 Å². The lowest BCUT2D eigenvalue weighted by molar-refractivity contribution is -0.143. The molecule has 1 aromatic rings. The molecule has 0 spiro atoms. The second-order valence-electron chi connectivity index (χ2n) is 4.09. The minimum absolute atomic E-state index is 0.00305. The summed E-state index contributed by atoms with van der Waals surface area (Å²) in [5.41, 5.74) is -3.54. The van der Waals surface area contributed by atoms with Crippen LogP contribution in [0, 0.1) is 0 Å². The smallest absolute Gasteiger partial charge is 0.384 e. The van der Waals surface area contributed by atoms with Crippen molar-refractivity contribution in [3.05, 3.63) is 29.3 Å². The number of hydrogen-bond acceptors (Lipinski definition) is 2. The third-order valence-corrected chi connectivity index (χ3v) is 2.40. The van der Waals surface area contributed by atoms with E-state index >= 15 is 0 Å². The maximum atomic E-state index is 12.6. The first-order chi connectivity index (χ1) is 9.54. The highest BCUT2D eigenvalue weighted by Crippen LogP contribution is 2.37. The molecule has 0 saturated heterocycles. The molecule has 0 saturated carbocycles. The molecule has 21 heavy (non-hydrogen) atoms. The van der Waals surface area contributed by atoms with Crippen LogP contribution in [0.2, 0.25) is 0 Å². The van der Waals surface area contributed by atoms with E-state index in [0.717, 1.165) is 0 Å². The third kappa shape index (κ3) is 5.25. The van der Waals surface area contributed by atoms with Gasteiger partial charge in [-0.2, -0.15) is 26.3 Å². The average molecular weight is 315 g/mol. The van der Waals surface area contributed by atoms with Gasteiger partial charge in [0, 0.05) is 12.8 Å². The van der Waals surface area contributed by atoms with E-state index in [1.165, 1.54) is 7.11 Å². The summed E-state index contributed by atoms with van der Waals surface area (Å²) in [6, 6.07) is 0.880. The van der Waals surface area contributed by atoms with E-state index in [1.54, 1.807) is 0 Å². The molecule has 3 nitrogen and oxygen atoms in total. The van der Waals surface area contributed by atoms with Crippen molar-refractivity contribution in [3.8, 4) is 0 Å². The minimum atomic E-state index is -4.95. The highest BCUT2D eigenvalue weighted by Gasteiger charge is 2.37. The number of amides is 1. The predicted octanol–water partition coefficient (Wildman–Crippen LogP) is 3.70. The first kappa shape index (κ1) is 17.3. The summed E-state index contributed by atoms with van der Waals surface area (Å²) in [4.78, 5) is 11.3. The van der Waals surface area contributed by atoms with Crippen LogP contribution >= 0.6 is 0 Å². The molecule has 9 heteroatoms. The summed E-state index contributed by atoms with van der Waals surface area (Å²) in [6.07, 6.45) is -10.1. The molecule has 0 radical (unpaired) electrons. The molecule has 0 unspecified atom stereocenters. The lowest BCUT2D eigenvalue weighted by atomic mass is 10.1. The van der Waals surface area contributed by atoms with Crippen molar-refractivity contribution < 1.29 is 35.9 Å². The maximum absolute atomic E-state index is 12.6. The molecule has 1 aromatic carbocycles. The van der Waals surface area contributed by atoms with Gasteiger partial charge in [0.2, 0.25) is 5.91 Å². The van der Waals surface area contributed by atoms with Crippen molar-refractivity contribution in [3.63, 3.8) is 0 Å². The molecule has 0 aromatic heterocycles. The van der Waals surface area contributed by atoms with Crippen LogP contribution in [0.5, 0.6) is 0 Å². The van der Waals surface area contributed by atoms with Gasteiger partial charge < -0.3 is 10.1 Å². The molecule has 118 valence electrons. The fraction of sp³-hybridized carbons (Fsp3) is 0.417. The average Bonchev–Trinajstić information content (AvgIpc) is 2.34. The van der Waals surface area contributed by atoms with Crippen molar-refractivity contribution in [2.45, 2.75) is 18.8 Å². The second-order valence-corrected chi connectivity index (χ2v) is 4.09. The number of methoxy groups -OCH3 is 1. The Hall–Kier alpha value is -1.77. The van der Waals surface area contributed by atoms with E-state index in [0.29, 0.717) is 12.1 Å². The van der Waals surface area contributed by atoms with Crippen LogP contribution in [0.25, 0.3) is 0 Å². The number of nitrogens with one attached hydrogen (secondary N) is 1. The van der Waals surface area contributed by atoms with Crippen LogP contribution < -0.4 is 5.32 Å². The zero-order chi connectivity index (χ0) is 16.3. The quantitative estimate of drug-likeness (QED) is 0.861. The number of hydrogen-bond donors (Lipinski definition) is 1. The molecular formula is C12H11F6NO2. The Morgan fingerprint density at radius 1 is 1.05 bits per heavy atom. The monoisotopic (exact) mass is 315 g/mol. The molecule has 0 bridgehead atoms. The number of rotatable bonds is 4. The lowest BCUT2D eigenvalue weighted by Gasteiger charge is -2.14. The van der Waals surface area contributed by atoms with Crippen LogP contribution in [0.4, 0.5) is 32.0 Å². The normalized spacial score (nSPS) is 12.3. The summed E-state index contributed by atoms with van der Waals surface area (Å²) in [5.74, 6) is -0.746. The van der Waals surface area contributed by atoms with E-state index < -0.39 is 35.1 Å². The van der Waals surface area contributed by atoms with E-state index in [1.807, 2.05) is 5.32 Å². The van der Waals surface area contributed by atoms with Crippen LogP contribution in [-0.2, 0) is 21.9 Å². The summed E-state index contributed by atoms with van der Waals surface area (Å²) in [7, 11) is 1.30. The molecular weight excluding hydrogens is 304 g/mol. The standard InChI is InChI=1S/C12H11F6NO2/c1-21-3-2-10(20)19-9-5-7(11(13,14)15)4-8(6-9)12(16,17)18/h4-6H,2-3H2,1H3,(H,19,20). The van der Waals surface area contributed by atoms with Gasteiger partial charge in [0.05, 0.1) is 24.2 Å². The van der Waals surface area contributed by atoms with Gasteiger partial charge in [0.25, 0.3) is 0 Å². The Kier molecular flexibility index (Phi) is 5.21. The first-order valence-corrected chi connectivity index (χ1v) is 5.62. The van der Waals surface area contributed by atoms with Gasteiger partial charge in [0.15, 0.2) is 0 Å². The van der Waals surface area contributed by atoms with E-state index in [9.17, 15) is 31.1 Å². The first-order valence-electron chi connectivity index (χ1n) is 5.62. The second kappa shape index (κ2) is 6.33. The SMILES string of the molecule is COCCC(=O)Nc1cc(C(F)(F)F)cc(C(F)(F)F)c1. The van der Waals surface area contributed by atoms with Crippen molar-refractivity contribution in [2.24, 2.45) is 0 Å².